The van der Waals surface area contributed by atoms with Gasteiger partial charge in [-0.1, -0.05) is 24.3 Å². The molecule has 0 unspecified atom stereocenters. The van der Waals surface area contributed by atoms with Gasteiger partial charge < -0.3 is 20.3 Å². The maximum atomic E-state index is 13.0. The third-order valence-corrected chi connectivity index (χ3v) is 6.70. The second kappa shape index (κ2) is 11.0. The molecule has 1 aromatic heterocycles. The molecule has 0 saturated carbocycles. The van der Waals surface area contributed by atoms with Crippen LogP contribution >= 0.6 is 11.3 Å². The first-order chi connectivity index (χ1) is 16.5. The van der Waals surface area contributed by atoms with Gasteiger partial charge in [-0.15, -0.1) is 11.3 Å². The Labute approximate surface area is 204 Å². The largest absolute Gasteiger partial charge is 0.497 e. The van der Waals surface area contributed by atoms with Crippen LogP contribution in [0.3, 0.4) is 0 Å². The zero-order chi connectivity index (χ0) is 23.9. The standard InChI is InChI=1S/C27H29N3O3S/c1-19-17-21-7-3-4-9-25(21)30(19)15-6-14-28-27(32)24(18-23-8-5-16-34-23)29-26(31)20-10-12-22(33-2)13-11-20/h3-5,7-13,16,18-19H,6,14-15,17H2,1-2H3,(H,28,32)(H,29,31)/b24-18-/t19-/m1/s1. The summed E-state index contributed by atoms with van der Waals surface area (Å²) in [5.74, 6) is 0.0202. The molecule has 2 aromatic carbocycles. The highest BCUT2D eigenvalue weighted by atomic mass is 32.1. The number of hydrogen-bond donors (Lipinski definition) is 2. The van der Waals surface area contributed by atoms with E-state index in [1.165, 1.54) is 22.6 Å². The van der Waals surface area contributed by atoms with E-state index in [4.69, 9.17) is 4.74 Å². The zero-order valence-electron chi connectivity index (χ0n) is 19.4. The van der Waals surface area contributed by atoms with Crippen molar-refractivity contribution in [1.29, 1.82) is 0 Å². The molecule has 7 heteroatoms. The Hall–Kier alpha value is -3.58. The van der Waals surface area contributed by atoms with Crippen LogP contribution in [0.2, 0.25) is 0 Å². The van der Waals surface area contributed by atoms with E-state index < -0.39 is 0 Å². The van der Waals surface area contributed by atoms with Crippen molar-refractivity contribution in [2.75, 3.05) is 25.1 Å². The van der Waals surface area contributed by atoms with Gasteiger partial charge in [0.05, 0.1) is 7.11 Å². The van der Waals surface area contributed by atoms with Gasteiger partial charge in [-0.2, -0.15) is 0 Å². The second-order valence-corrected chi connectivity index (χ2v) is 9.22. The van der Waals surface area contributed by atoms with Gasteiger partial charge in [0, 0.05) is 35.3 Å². The van der Waals surface area contributed by atoms with Crippen molar-refractivity contribution < 1.29 is 14.3 Å². The Bertz CT molecular complexity index is 1160. The highest BCUT2D eigenvalue weighted by Crippen LogP contribution is 2.31. The number of methoxy groups -OCH3 is 1. The lowest BCUT2D eigenvalue weighted by atomic mass is 10.1. The number of fused-ring (bicyclic) bond motifs is 1. The summed E-state index contributed by atoms with van der Waals surface area (Å²) in [7, 11) is 1.57. The number of hydrogen-bond acceptors (Lipinski definition) is 5. The summed E-state index contributed by atoms with van der Waals surface area (Å²) in [5, 5.41) is 7.68. The first-order valence-electron chi connectivity index (χ1n) is 11.4. The average Bonchev–Trinajstić information content (AvgIpc) is 3.48. The number of carbonyl (C=O) groups is 2. The fourth-order valence-electron chi connectivity index (χ4n) is 4.13. The van der Waals surface area contributed by atoms with Gasteiger partial charge in [0.15, 0.2) is 0 Å². The number of thiophene rings is 1. The van der Waals surface area contributed by atoms with E-state index in [-0.39, 0.29) is 17.5 Å². The number of rotatable bonds is 9. The Morgan fingerprint density at radius 2 is 1.91 bits per heavy atom. The van der Waals surface area contributed by atoms with Crippen LogP contribution in [0.1, 0.15) is 34.1 Å². The Kier molecular flexibility index (Phi) is 7.65. The summed E-state index contributed by atoms with van der Waals surface area (Å²) in [6, 6.07) is 19.5. The molecule has 2 N–H and O–H groups in total. The fourth-order valence-corrected chi connectivity index (χ4v) is 4.79. The summed E-state index contributed by atoms with van der Waals surface area (Å²) in [6.45, 7) is 3.61. The molecule has 3 aromatic rings. The predicted molar refractivity (Wildman–Crippen MR) is 137 cm³/mol. The maximum Gasteiger partial charge on any atom is 0.267 e. The summed E-state index contributed by atoms with van der Waals surface area (Å²) in [4.78, 5) is 29.0. The number of carbonyl (C=O) groups excluding carboxylic acids is 2. The molecule has 6 nitrogen and oxygen atoms in total. The minimum absolute atomic E-state index is 0.225. The molecule has 0 aliphatic carbocycles. The minimum Gasteiger partial charge on any atom is -0.497 e. The van der Waals surface area contributed by atoms with Crippen LogP contribution < -0.4 is 20.3 Å². The lowest BCUT2D eigenvalue weighted by Gasteiger charge is -2.25. The molecule has 0 spiro atoms. The van der Waals surface area contributed by atoms with E-state index in [1.807, 2.05) is 17.5 Å². The Balaban J connectivity index is 1.36. The minimum atomic E-state index is -0.344. The number of anilines is 1. The van der Waals surface area contributed by atoms with E-state index >= 15 is 0 Å². The normalized spacial score (nSPS) is 15.1. The molecule has 0 bridgehead atoms. The molecule has 0 fully saturated rings. The highest BCUT2D eigenvalue weighted by Gasteiger charge is 2.24. The van der Waals surface area contributed by atoms with Gasteiger partial charge in [0.2, 0.25) is 0 Å². The maximum absolute atomic E-state index is 13.0. The highest BCUT2D eigenvalue weighted by molar-refractivity contribution is 7.10. The summed E-state index contributed by atoms with van der Waals surface area (Å²) in [5.41, 5.74) is 3.34. The zero-order valence-corrected chi connectivity index (χ0v) is 20.2. The van der Waals surface area contributed by atoms with Crippen LogP contribution in [0, 0.1) is 0 Å². The predicted octanol–water partition coefficient (Wildman–Crippen LogP) is 4.49. The molecule has 1 atom stereocenters. The van der Waals surface area contributed by atoms with E-state index in [2.05, 4.69) is 46.7 Å². The quantitative estimate of drug-likeness (QED) is 0.354. The van der Waals surface area contributed by atoms with E-state index in [0.717, 1.165) is 24.3 Å². The molecule has 1 aliphatic heterocycles. The van der Waals surface area contributed by atoms with Crippen molar-refractivity contribution in [2.45, 2.75) is 25.8 Å². The lowest BCUT2D eigenvalue weighted by Crippen LogP contribution is -2.37. The number of ether oxygens (including phenoxy) is 1. The van der Waals surface area contributed by atoms with Crippen molar-refractivity contribution in [3.05, 3.63) is 87.7 Å². The van der Waals surface area contributed by atoms with Gasteiger partial charge in [-0.05, 0) is 73.2 Å². The van der Waals surface area contributed by atoms with Crippen molar-refractivity contribution in [1.82, 2.24) is 10.6 Å². The third-order valence-electron chi connectivity index (χ3n) is 5.88. The topological polar surface area (TPSA) is 70.7 Å². The monoisotopic (exact) mass is 475 g/mol. The van der Waals surface area contributed by atoms with Gasteiger partial charge >= 0.3 is 0 Å². The average molecular weight is 476 g/mol. The molecule has 2 amide bonds. The number of nitrogens with zero attached hydrogens (tertiary/aromatic N) is 1. The van der Waals surface area contributed by atoms with Gasteiger partial charge in [0.25, 0.3) is 11.8 Å². The molecule has 2 heterocycles. The summed E-state index contributed by atoms with van der Waals surface area (Å²) >= 11 is 1.50. The SMILES string of the molecule is COc1ccc(C(=O)N/C(=C\c2cccs2)C(=O)NCCCN2c3ccccc3C[C@H]2C)cc1. The second-order valence-electron chi connectivity index (χ2n) is 8.24. The summed E-state index contributed by atoms with van der Waals surface area (Å²) in [6.07, 6.45) is 3.57. The lowest BCUT2D eigenvalue weighted by molar-refractivity contribution is -0.117. The van der Waals surface area contributed by atoms with Crippen molar-refractivity contribution in [3.8, 4) is 5.75 Å². The van der Waals surface area contributed by atoms with Crippen molar-refractivity contribution in [2.24, 2.45) is 0 Å². The third kappa shape index (κ3) is 5.66. The van der Waals surface area contributed by atoms with Gasteiger partial charge in [-0.25, -0.2) is 0 Å². The molecule has 176 valence electrons. The number of nitrogens with one attached hydrogen (secondary N) is 2. The number of benzene rings is 2. The molecule has 0 radical (unpaired) electrons. The Morgan fingerprint density at radius 1 is 1.12 bits per heavy atom. The van der Waals surface area contributed by atoms with Crippen LogP contribution in [-0.2, 0) is 11.2 Å². The van der Waals surface area contributed by atoms with Crippen molar-refractivity contribution in [3.63, 3.8) is 0 Å². The van der Waals surface area contributed by atoms with Crippen LogP contribution in [-0.4, -0.2) is 38.1 Å². The number of amides is 2. The molecular formula is C27H29N3O3S. The van der Waals surface area contributed by atoms with Gasteiger partial charge in [0.1, 0.15) is 11.4 Å². The fraction of sp³-hybridized carbons (Fsp3) is 0.259. The van der Waals surface area contributed by atoms with E-state index in [9.17, 15) is 9.59 Å². The van der Waals surface area contributed by atoms with Crippen LogP contribution in [0.4, 0.5) is 5.69 Å². The van der Waals surface area contributed by atoms with Crippen molar-refractivity contribution >= 4 is 34.9 Å². The molecule has 0 saturated heterocycles. The first-order valence-corrected chi connectivity index (χ1v) is 12.3. The molecular weight excluding hydrogens is 446 g/mol. The molecule has 4 rings (SSSR count). The summed E-state index contributed by atoms with van der Waals surface area (Å²) < 4.78 is 5.15. The first kappa shape index (κ1) is 23.6. The van der Waals surface area contributed by atoms with Crippen LogP contribution in [0.25, 0.3) is 6.08 Å². The van der Waals surface area contributed by atoms with E-state index in [1.54, 1.807) is 37.5 Å². The van der Waals surface area contributed by atoms with Gasteiger partial charge in [-0.3, -0.25) is 9.59 Å². The molecule has 1 aliphatic rings. The number of para-hydroxylation sites is 1. The van der Waals surface area contributed by atoms with E-state index in [0.29, 0.717) is 23.9 Å². The van der Waals surface area contributed by atoms with Crippen LogP contribution in [0.5, 0.6) is 5.75 Å². The molecule has 34 heavy (non-hydrogen) atoms. The van der Waals surface area contributed by atoms with Crippen LogP contribution in [0.15, 0.2) is 71.7 Å². The smallest absolute Gasteiger partial charge is 0.267 e. The Morgan fingerprint density at radius 3 is 2.65 bits per heavy atom.